The molecule has 2 heterocycles. The number of carbonyl (C=O) groups is 1. The Kier molecular flexibility index (Phi) is 4.24. The van der Waals surface area contributed by atoms with Gasteiger partial charge in [-0.3, -0.25) is 4.79 Å². The van der Waals surface area contributed by atoms with Gasteiger partial charge in [0.15, 0.2) is 11.5 Å². The summed E-state index contributed by atoms with van der Waals surface area (Å²) in [6.45, 7) is 1.44. The SMILES string of the molecule is O=C(Nc1ccc2c(c1)OCCCO2)C1=Cc2cc(Cl)ccc2OC1. The third-order valence-electron chi connectivity index (χ3n) is 3.98. The van der Waals surface area contributed by atoms with Crippen molar-refractivity contribution in [2.24, 2.45) is 0 Å². The molecule has 25 heavy (non-hydrogen) atoms. The van der Waals surface area contributed by atoms with Gasteiger partial charge >= 0.3 is 0 Å². The quantitative estimate of drug-likeness (QED) is 0.885. The van der Waals surface area contributed by atoms with Crippen molar-refractivity contribution in [3.8, 4) is 17.2 Å². The molecule has 1 N–H and O–H groups in total. The molecule has 0 fully saturated rings. The summed E-state index contributed by atoms with van der Waals surface area (Å²) in [5.41, 5.74) is 1.97. The van der Waals surface area contributed by atoms with Crippen LogP contribution in [-0.2, 0) is 4.79 Å². The lowest BCUT2D eigenvalue weighted by Gasteiger charge is -2.18. The van der Waals surface area contributed by atoms with Crippen LogP contribution in [0, 0.1) is 0 Å². The summed E-state index contributed by atoms with van der Waals surface area (Å²) in [4.78, 5) is 12.5. The summed E-state index contributed by atoms with van der Waals surface area (Å²) >= 11 is 6.00. The van der Waals surface area contributed by atoms with Crippen molar-refractivity contribution in [3.63, 3.8) is 0 Å². The molecule has 2 aromatic carbocycles. The molecule has 0 bridgehead atoms. The van der Waals surface area contributed by atoms with Gasteiger partial charge in [-0.05, 0) is 36.4 Å². The lowest BCUT2D eigenvalue weighted by molar-refractivity contribution is -0.113. The van der Waals surface area contributed by atoms with Crippen molar-refractivity contribution in [1.29, 1.82) is 0 Å². The van der Waals surface area contributed by atoms with Gasteiger partial charge in [-0.2, -0.15) is 0 Å². The number of hydrogen-bond donors (Lipinski definition) is 1. The number of amides is 1. The standard InChI is InChI=1S/C19H16ClNO4/c20-14-2-4-16-12(9-14)8-13(11-25-16)19(22)21-15-3-5-17-18(10-15)24-7-1-6-23-17/h2-5,8-10H,1,6-7,11H2,(H,21,22). The first kappa shape index (κ1) is 15.8. The fourth-order valence-electron chi connectivity index (χ4n) is 2.73. The zero-order chi connectivity index (χ0) is 17.2. The van der Waals surface area contributed by atoms with Crippen LogP contribution < -0.4 is 19.5 Å². The van der Waals surface area contributed by atoms with E-state index in [1.54, 1.807) is 42.5 Å². The van der Waals surface area contributed by atoms with E-state index in [9.17, 15) is 4.79 Å². The largest absolute Gasteiger partial charge is 0.490 e. The molecule has 0 atom stereocenters. The summed E-state index contributed by atoms with van der Waals surface area (Å²) in [5, 5.41) is 3.47. The zero-order valence-corrected chi connectivity index (χ0v) is 14.1. The number of hydrogen-bond acceptors (Lipinski definition) is 4. The fourth-order valence-corrected chi connectivity index (χ4v) is 2.91. The van der Waals surface area contributed by atoms with Gasteiger partial charge in [0.05, 0.1) is 18.8 Å². The Hall–Kier alpha value is -2.66. The second-order valence-corrected chi connectivity index (χ2v) is 6.24. The monoisotopic (exact) mass is 357 g/mol. The molecule has 5 nitrogen and oxygen atoms in total. The molecule has 0 saturated heterocycles. The third kappa shape index (κ3) is 3.42. The highest BCUT2D eigenvalue weighted by atomic mass is 35.5. The minimum Gasteiger partial charge on any atom is -0.490 e. The fraction of sp³-hybridized carbons (Fsp3) is 0.211. The lowest BCUT2D eigenvalue weighted by atomic mass is 10.1. The average Bonchev–Trinajstić information content (AvgIpc) is 2.86. The van der Waals surface area contributed by atoms with Crippen LogP contribution in [0.3, 0.4) is 0 Å². The summed E-state index contributed by atoms with van der Waals surface area (Å²) < 4.78 is 16.9. The minimum absolute atomic E-state index is 0.213. The smallest absolute Gasteiger partial charge is 0.255 e. The maximum Gasteiger partial charge on any atom is 0.255 e. The van der Waals surface area contributed by atoms with E-state index in [1.165, 1.54) is 0 Å². The van der Waals surface area contributed by atoms with E-state index in [2.05, 4.69) is 5.32 Å². The van der Waals surface area contributed by atoms with E-state index in [4.69, 9.17) is 25.8 Å². The Morgan fingerprint density at radius 2 is 1.76 bits per heavy atom. The van der Waals surface area contributed by atoms with E-state index in [0.29, 0.717) is 41.0 Å². The van der Waals surface area contributed by atoms with Crippen molar-refractivity contribution in [2.75, 3.05) is 25.1 Å². The van der Waals surface area contributed by atoms with Crippen LogP contribution in [0.15, 0.2) is 42.0 Å². The maximum absolute atomic E-state index is 12.5. The van der Waals surface area contributed by atoms with Gasteiger partial charge in [-0.1, -0.05) is 11.6 Å². The highest BCUT2D eigenvalue weighted by Crippen LogP contribution is 2.33. The molecular weight excluding hydrogens is 342 g/mol. The van der Waals surface area contributed by atoms with Crippen LogP contribution in [0.2, 0.25) is 5.02 Å². The Balaban J connectivity index is 1.53. The number of carbonyl (C=O) groups excluding carboxylic acids is 1. The second-order valence-electron chi connectivity index (χ2n) is 5.81. The van der Waals surface area contributed by atoms with Crippen molar-refractivity contribution < 1.29 is 19.0 Å². The predicted molar refractivity (Wildman–Crippen MR) is 95.6 cm³/mol. The number of anilines is 1. The van der Waals surface area contributed by atoms with Gasteiger partial charge < -0.3 is 19.5 Å². The van der Waals surface area contributed by atoms with Crippen LogP contribution in [-0.4, -0.2) is 25.7 Å². The van der Waals surface area contributed by atoms with Gasteiger partial charge in [0.1, 0.15) is 12.4 Å². The summed E-state index contributed by atoms with van der Waals surface area (Å²) in [6, 6.07) is 10.7. The van der Waals surface area contributed by atoms with Crippen molar-refractivity contribution in [2.45, 2.75) is 6.42 Å². The highest BCUT2D eigenvalue weighted by molar-refractivity contribution is 6.30. The van der Waals surface area contributed by atoms with E-state index in [0.717, 1.165) is 17.7 Å². The van der Waals surface area contributed by atoms with Gasteiger partial charge in [-0.15, -0.1) is 0 Å². The van der Waals surface area contributed by atoms with E-state index < -0.39 is 0 Å². The topological polar surface area (TPSA) is 56.8 Å². The van der Waals surface area contributed by atoms with Gasteiger partial charge in [0, 0.05) is 28.8 Å². The highest BCUT2D eigenvalue weighted by Gasteiger charge is 2.18. The van der Waals surface area contributed by atoms with E-state index >= 15 is 0 Å². The van der Waals surface area contributed by atoms with Crippen molar-refractivity contribution in [1.82, 2.24) is 0 Å². The number of fused-ring (bicyclic) bond motifs is 2. The van der Waals surface area contributed by atoms with Crippen LogP contribution in [0.1, 0.15) is 12.0 Å². The average molecular weight is 358 g/mol. The molecule has 2 aliphatic heterocycles. The molecule has 2 aromatic rings. The number of benzene rings is 2. The van der Waals surface area contributed by atoms with Gasteiger partial charge in [0.2, 0.25) is 0 Å². The molecule has 128 valence electrons. The lowest BCUT2D eigenvalue weighted by Crippen LogP contribution is -2.21. The molecule has 0 saturated carbocycles. The van der Waals surface area contributed by atoms with Gasteiger partial charge in [0.25, 0.3) is 5.91 Å². The molecule has 0 spiro atoms. The maximum atomic E-state index is 12.5. The number of rotatable bonds is 2. The number of ether oxygens (including phenoxy) is 3. The minimum atomic E-state index is -0.222. The van der Waals surface area contributed by atoms with Crippen LogP contribution in [0.5, 0.6) is 17.2 Å². The molecule has 1 amide bonds. The molecule has 0 aliphatic carbocycles. The number of nitrogens with one attached hydrogen (secondary N) is 1. The van der Waals surface area contributed by atoms with Crippen LogP contribution in [0.25, 0.3) is 6.08 Å². The summed E-state index contributed by atoms with van der Waals surface area (Å²) in [6.07, 6.45) is 2.63. The molecule has 0 unspecified atom stereocenters. The molecule has 0 radical (unpaired) electrons. The first-order valence-corrected chi connectivity index (χ1v) is 8.41. The summed E-state index contributed by atoms with van der Waals surface area (Å²) in [5.74, 6) is 1.83. The predicted octanol–water partition coefficient (Wildman–Crippen LogP) is 3.92. The van der Waals surface area contributed by atoms with Crippen molar-refractivity contribution >= 4 is 29.3 Å². The van der Waals surface area contributed by atoms with Gasteiger partial charge in [-0.25, -0.2) is 0 Å². The van der Waals surface area contributed by atoms with Crippen molar-refractivity contribution in [3.05, 3.63) is 52.6 Å². The molecule has 6 heteroatoms. The Morgan fingerprint density at radius 1 is 0.960 bits per heavy atom. The van der Waals surface area contributed by atoms with Crippen LogP contribution in [0.4, 0.5) is 5.69 Å². The zero-order valence-electron chi connectivity index (χ0n) is 13.4. The molecular formula is C19H16ClNO4. The van der Waals surface area contributed by atoms with Crippen LogP contribution >= 0.6 is 11.6 Å². The van der Waals surface area contributed by atoms with E-state index in [1.807, 2.05) is 0 Å². The second kappa shape index (κ2) is 6.69. The first-order chi connectivity index (χ1) is 12.2. The first-order valence-electron chi connectivity index (χ1n) is 8.03. The Bertz CT molecular complexity index is 862. The Labute approximate surface area is 150 Å². The molecule has 2 aliphatic rings. The number of halogens is 1. The Morgan fingerprint density at radius 3 is 2.64 bits per heavy atom. The third-order valence-corrected chi connectivity index (χ3v) is 4.22. The molecule has 0 aromatic heterocycles. The molecule has 4 rings (SSSR count). The summed E-state index contributed by atoms with van der Waals surface area (Å²) in [7, 11) is 0. The van der Waals surface area contributed by atoms with E-state index in [-0.39, 0.29) is 12.5 Å². The normalized spacial score (nSPS) is 15.3.